The van der Waals surface area contributed by atoms with Crippen LogP contribution in [0.15, 0.2) is 29.3 Å². The van der Waals surface area contributed by atoms with Gasteiger partial charge in [0.25, 0.3) is 0 Å². The molecule has 0 spiro atoms. The van der Waals surface area contributed by atoms with Crippen LogP contribution in [0.25, 0.3) is 0 Å². The first-order valence-corrected chi connectivity index (χ1v) is 9.17. The summed E-state index contributed by atoms with van der Waals surface area (Å²) in [7, 11) is 0. The molecule has 0 N–H and O–H groups in total. The third-order valence-electron chi connectivity index (χ3n) is 6.26. The zero-order valence-corrected chi connectivity index (χ0v) is 15.5. The van der Waals surface area contributed by atoms with E-state index < -0.39 is 52.8 Å². The fraction of sp³-hybridized carbons (Fsp3) is 0.500. The van der Waals surface area contributed by atoms with Crippen LogP contribution >= 0.6 is 0 Å². The van der Waals surface area contributed by atoms with Crippen molar-refractivity contribution in [2.45, 2.75) is 39.0 Å². The normalized spacial score (nSPS) is 29.1. The van der Waals surface area contributed by atoms with Gasteiger partial charge < -0.3 is 0 Å². The van der Waals surface area contributed by atoms with Gasteiger partial charge in [0.1, 0.15) is 0 Å². The van der Waals surface area contributed by atoms with Crippen molar-refractivity contribution in [3.05, 3.63) is 40.5 Å². The van der Waals surface area contributed by atoms with Crippen molar-refractivity contribution < 1.29 is 35.9 Å². The van der Waals surface area contributed by atoms with E-state index in [2.05, 4.69) is 0 Å². The molecule has 29 heavy (non-hydrogen) atoms. The Kier molecular flexibility index (Phi) is 4.19. The van der Waals surface area contributed by atoms with E-state index in [0.717, 1.165) is 11.1 Å². The topological polar surface area (TPSA) is 37.4 Å². The van der Waals surface area contributed by atoms with Gasteiger partial charge in [-0.25, -0.2) is 4.90 Å². The molecule has 1 aliphatic heterocycles. The van der Waals surface area contributed by atoms with Gasteiger partial charge in [-0.1, -0.05) is 11.1 Å². The number of carbonyl (C=O) groups excluding carboxylic acids is 2. The summed E-state index contributed by atoms with van der Waals surface area (Å²) in [5, 5.41) is 0. The molecule has 1 aromatic rings. The monoisotopic (exact) mass is 417 g/mol. The van der Waals surface area contributed by atoms with Gasteiger partial charge in [0, 0.05) is 0 Å². The largest absolute Gasteiger partial charge is 0.416 e. The van der Waals surface area contributed by atoms with Crippen molar-refractivity contribution in [3.8, 4) is 0 Å². The highest BCUT2D eigenvalue weighted by Crippen LogP contribution is 2.60. The van der Waals surface area contributed by atoms with Crippen LogP contribution in [0.2, 0.25) is 0 Å². The standard InChI is InChI=1S/C20H17F6NO2/c1-8(2)14-12-3-4-13(14)16-15(12)17(28)27(18(16)29)11-6-9(19(21,22)23)5-10(7-11)20(24,25)26/h5-7,12-13,15-16H,3-4H2,1-2H3/t12?,13?,15-,16+. The smallest absolute Gasteiger partial charge is 0.274 e. The third kappa shape index (κ3) is 2.88. The van der Waals surface area contributed by atoms with Crippen LogP contribution in [0, 0.1) is 23.7 Å². The van der Waals surface area contributed by atoms with Crippen molar-refractivity contribution in [2.75, 3.05) is 4.90 Å². The molecule has 2 unspecified atom stereocenters. The molecular weight excluding hydrogens is 400 g/mol. The number of amides is 2. The van der Waals surface area contributed by atoms with Crippen LogP contribution in [0.5, 0.6) is 0 Å². The zero-order valence-electron chi connectivity index (χ0n) is 15.5. The molecule has 156 valence electrons. The molecule has 2 aliphatic carbocycles. The predicted molar refractivity (Wildman–Crippen MR) is 90.5 cm³/mol. The minimum absolute atomic E-state index is 0.0136. The lowest BCUT2D eigenvalue weighted by Gasteiger charge is -2.21. The molecule has 2 amide bonds. The van der Waals surface area contributed by atoms with E-state index in [1.165, 1.54) is 0 Å². The molecule has 0 aromatic heterocycles. The molecule has 3 fully saturated rings. The Morgan fingerprint density at radius 3 is 1.59 bits per heavy atom. The molecule has 1 saturated heterocycles. The Bertz CT molecular complexity index is 877. The van der Waals surface area contributed by atoms with E-state index >= 15 is 0 Å². The van der Waals surface area contributed by atoms with E-state index in [-0.39, 0.29) is 17.9 Å². The Morgan fingerprint density at radius 2 is 1.24 bits per heavy atom. The average molecular weight is 417 g/mol. The van der Waals surface area contributed by atoms with E-state index in [9.17, 15) is 35.9 Å². The molecule has 1 heterocycles. The number of halogens is 6. The van der Waals surface area contributed by atoms with Gasteiger partial charge in [-0.15, -0.1) is 0 Å². The van der Waals surface area contributed by atoms with E-state index in [0.29, 0.717) is 29.9 Å². The number of rotatable bonds is 1. The number of benzene rings is 1. The number of hydrogen-bond donors (Lipinski definition) is 0. The predicted octanol–water partition coefficient (Wildman–Crippen LogP) is 5.21. The van der Waals surface area contributed by atoms with Gasteiger partial charge in [-0.2, -0.15) is 26.3 Å². The summed E-state index contributed by atoms with van der Waals surface area (Å²) in [5.74, 6) is -3.20. The molecule has 1 aromatic carbocycles. The van der Waals surface area contributed by atoms with Gasteiger partial charge in [0.2, 0.25) is 11.8 Å². The van der Waals surface area contributed by atoms with Crippen molar-refractivity contribution >= 4 is 17.5 Å². The van der Waals surface area contributed by atoms with Crippen LogP contribution in [0.1, 0.15) is 37.8 Å². The minimum Gasteiger partial charge on any atom is -0.274 e. The van der Waals surface area contributed by atoms with Gasteiger partial charge >= 0.3 is 12.4 Å². The fourth-order valence-corrected chi connectivity index (χ4v) is 5.31. The summed E-state index contributed by atoms with van der Waals surface area (Å²) >= 11 is 0. The van der Waals surface area contributed by atoms with Crippen LogP contribution in [0.3, 0.4) is 0 Å². The Labute approximate surface area is 162 Å². The van der Waals surface area contributed by atoms with Crippen LogP contribution in [-0.2, 0) is 21.9 Å². The molecule has 3 nitrogen and oxygen atoms in total. The van der Waals surface area contributed by atoms with Crippen molar-refractivity contribution in [1.82, 2.24) is 0 Å². The number of carbonyl (C=O) groups is 2. The molecule has 4 rings (SSSR count). The molecule has 4 atom stereocenters. The Balaban J connectivity index is 1.81. The minimum atomic E-state index is -5.05. The highest BCUT2D eigenvalue weighted by molar-refractivity contribution is 6.23. The number of imide groups is 1. The summed E-state index contributed by atoms with van der Waals surface area (Å²) in [4.78, 5) is 26.5. The first-order valence-electron chi connectivity index (χ1n) is 9.17. The summed E-state index contributed by atoms with van der Waals surface area (Å²) in [6.45, 7) is 3.77. The summed E-state index contributed by atoms with van der Waals surface area (Å²) < 4.78 is 79.0. The van der Waals surface area contributed by atoms with Gasteiger partial charge in [-0.3, -0.25) is 9.59 Å². The maximum Gasteiger partial charge on any atom is 0.416 e. The number of hydrogen-bond acceptors (Lipinski definition) is 2. The third-order valence-corrected chi connectivity index (χ3v) is 6.26. The fourth-order valence-electron chi connectivity index (χ4n) is 5.31. The van der Waals surface area contributed by atoms with Crippen molar-refractivity contribution in [1.29, 1.82) is 0 Å². The highest BCUT2D eigenvalue weighted by Gasteiger charge is 2.63. The van der Waals surface area contributed by atoms with E-state index in [1.54, 1.807) is 0 Å². The molecule has 2 saturated carbocycles. The maximum absolute atomic E-state index is 13.2. The number of alkyl halides is 6. The summed E-state index contributed by atoms with van der Waals surface area (Å²) in [6, 6.07) is 0.867. The summed E-state index contributed by atoms with van der Waals surface area (Å²) in [5.41, 5.74) is -1.71. The Morgan fingerprint density at radius 1 is 0.828 bits per heavy atom. The van der Waals surface area contributed by atoms with Crippen LogP contribution in [0.4, 0.5) is 32.0 Å². The molecular formula is C20H17F6NO2. The number of nitrogens with zero attached hydrogens (tertiary/aromatic N) is 1. The second kappa shape index (κ2) is 6.09. The van der Waals surface area contributed by atoms with Crippen LogP contribution < -0.4 is 4.90 Å². The van der Waals surface area contributed by atoms with Crippen molar-refractivity contribution in [3.63, 3.8) is 0 Å². The maximum atomic E-state index is 13.2. The van der Waals surface area contributed by atoms with Gasteiger partial charge in [0.05, 0.1) is 28.7 Å². The van der Waals surface area contributed by atoms with Gasteiger partial charge in [-0.05, 0) is 56.7 Å². The highest BCUT2D eigenvalue weighted by atomic mass is 19.4. The quantitative estimate of drug-likeness (QED) is 0.358. The molecule has 2 bridgehead atoms. The summed E-state index contributed by atoms with van der Waals surface area (Å²) in [6.07, 6.45) is -8.72. The lowest BCUT2D eigenvalue weighted by Crippen LogP contribution is -2.33. The first-order chi connectivity index (χ1) is 13.3. The average Bonchev–Trinajstić information content (AvgIpc) is 3.23. The first kappa shape index (κ1) is 20.0. The van der Waals surface area contributed by atoms with Gasteiger partial charge in [0.15, 0.2) is 0 Å². The lowest BCUT2D eigenvalue weighted by molar-refractivity contribution is -0.143. The molecule has 0 radical (unpaired) electrons. The number of fused-ring (bicyclic) bond motifs is 5. The Hall–Kier alpha value is -2.32. The zero-order chi connectivity index (χ0) is 21.5. The lowest BCUT2D eigenvalue weighted by atomic mass is 9.81. The number of anilines is 1. The number of allylic oxidation sites excluding steroid dienone is 2. The van der Waals surface area contributed by atoms with E-state index in [4.69, 9.17) is 0 Å². The second-order valence-corrected chi connectivity index (χ2v) is 8.07. The van der Waals surface area contributed by atoms with Crippen molar-refractivity contribution in [2.24, 2.45) is 23.7 Å². The SMILES string of the molecule is CC(C)=C1C2CCC1[C@@H]1C(=O)N(c3cc(C(F)(F)F)cc(C(F)(F)F)c3)C(=O)[C@H]21. The van der Waals surface area contributed by atoms with Crippen LogP contribution in [-0.4, -0.2) is 11.8 Å². The second-order valence-electron chi connectivity index (χ2n) is 8.07. The van der Waals surface area contributed by atoms with E-state index in [1.807, 2.05) is 13.8 Å². The molecule has 9 heteroatoms. The molecule has 3 aliphatic rings.